The van der Waals surface area contributed by atoms with Crippen LogP contribution in [0.1, 0.15) is 12.5 Å². The summed E-state index contributed by atoms with van der Waals surface area (Å²) in [6.45, 7) is 3.39. The number of benzene rings is 2. The second kappa shape index (κ2) is 9.96. The number of nitriles is 1. The molecule has 0 radical (unpaired) electrons. The average molecular weight is 341 g/mol. The molecule has 2 aromatic rings. The van der Waals surface area contributed by atoms with Crippen LogP contribution in [0.25, 0.3) is 0 Å². The van der Waals surface area contributed by atoms with Gasteiger partial charge in [-0.2, -0.15) is 5.26 Å². The Kier molecular flexibility index (Phi) is 7.29. The lowest BCUT2D eigenvalue weighted by molar-refractivity contribution is -0.136. The number of hydrogen-bond donors (Lipinski definition) is 0. The normalized spacial score (nSPS) is 9.92. The van der Waals surface area contributed by atoms with Crippen LogP contribution in [0.4, 0.5) is 0 Å². The number of hydrogen-bond acceptors (Lipinski definition) is 6. The minimum Gasteiger partial charge on any atom is -0.491 e. The van der Waals surface area contributed by atoms with Crippen LogP contribution < -0.4 is 14.2 Å². The highest BCUT2D eigenvalue weighted by atomic mass is 16.6. The van der Waals surface area contributed by atoms with Crippen LogP contribution in [0.15, 0.2) is 48.5 Å². The summed E-state index contributed by atoms with van der Waals surface area (Å²) >= 11 is 0. The van der Waals surface area contributed by atoms with E-state index in [2.05, 4.69) is 0 Å². The zero-order chi connectivity index (χ0) is 17.9. The predicted octanol–water partition coefficient (Wildman–Crippen LogP) is 2.96. The fraction of sp³-hybridized carbons (Fsp3) is 0.263. The molecular weight excluding hydrogens is 322 g/mol. The van der Waals surface area contributed by atoms with Crippen molar-refractivity contribution in [1.82, 2.24) is 0 Å². The maximum atomic E-state index is 11.8. The largest absolute Gasteiger partial charge is 0.491 e. The Balaban J connectivity index is 1.74. The topological polar surface area (TPSA) is 77.8 Å². The molecule has 2 aromatic carbocycles. The first kappa shape index (κ1) is 18.3. The highest BCUT2D eigenvalue weighted by Crippen LogP contribution is 2.18. The van der Waals surface area contributed by atoms with Gasteiger partial charge in [-0.3, -0.25) is 0 Å². The summed E-state index contributed by atoms with van der Waals surface area (Å²) in [5.41, 5.74) is 0.500. The lowest BCUT2D eigenvalue weighted by Gasteiger charge is -2.09. The first-order valence-corrected chi connectivity index (χ1v) is 7.85. The molecule has 130 valence electrons. The number of rotatable bonds is 9. The fourth-order valence-corrected chi connectivity index (χ4v) is 1.90. The zero-order valence-corrected chi connectivity index (χ0v) is 13.9. The van der Waals surface area contributed by atoms with Crippen molar-refractivity contribution in [2.24, 2.45) is 0 Å². The molecule has 0 saturated heterocycles. The van der Waals surface area contributed by atoms with Gasteiger partial charge in [-0.15, -0.1) is 0 Å². The van der Waals surface area contributed by atoms with Crippen molar-refractivity contribution in [1.29, 1.82) is 5.26 Å². The van der Waals surface area contributed by atoms with Gasteiger partial charge in [0.1, 0.15) is 23.9 Å². The molecule has 0 aliphatic rings. The van der Waals surface area contributed by atoms with Gasteiger partial charge in [0.2, 0.25) is 0 Å². The van der Waals surface area contributed by atoms with Crippen LogP contribution >= 0.6 is 0 Å². The summed E-state index contributed by atoms with van der Waals surface area (Å²) in [6.07, 6.45) is 0. The highest BCUT2D eigenvalue weighted by molar-refractivity contribution is 5.74. The summed E-state index contributed by atoms with van der Waals surface area (Å²) in [4.78, 5) is 11.8. The van der Waals surface area contributed by atoms with Gasteiger partial charge in [0, 0.05) is 6.61 Å². The van der Waals surface area contributed by atoms with Gasteiger partial charge in [-0.25, -0.2) is 4.79 Å². The number of nitrogens with zero attached hydrogens (tertiary/aromatic N) is 1. The molecule has 2 rings (SSSR count). The molecule has 0 unspecified atom stereocenters. The molecule has 0 aromatic heterocycles. The lowest BCUT2D eigenvalue weighted by atomic mass is 10.2. The van der Waals surface area contributed by atoms with E-state index in [4.69, 9.17) is 24.2 Å². The van der Waals surface area contributed by atoms with E-state index >= 15 is 0 Å². The van der Waals surface area contributed by atoms with Crippen molar-refractivity contribution in [2.75, 3.05) is 26.4 Å². The van der Waals surface area contributed by atoms with E-state index in [1.54, 1.807) is 48.5 Å². The average Bonchev–Trinajstić information content (AvgIpc) is 2.65. The Morgan fingerprint density at radius 2 is 1.52 bits per heavy atom. The standard InChI is InChI=1S/C19H19NO5/c1-2-22-11-12-23-16-7-9-17(10-8-16)24-14-19(21)25-18-5-3-15(13-20)4-6-18/h3-10H,2,11-12,14H2,1H3. The molecule has 25 heavy (non-hydrogen) atoms. The number of carbonyl (C=O) groups is 1. The van der Waals surface area contributed by atoms with Crippen molar-refractivity contribution in [2.45, 2.75) is 6.92 Å². The van der Waals surface area contributed by atoms with E-state index in [0.29, 0.717) is 42.6 Å². The summed E-state index contributed by atoms with van der Waals surface area (Å²) in [7, 11) is 0. The Morgan fingerprint density at radius 1 is 0.920 bits per heavy atom. The van der Waals surface area contributed by atoms with Gasteiger partial charge < -0.3 is 18.9 Å². The van der Waals surface area contributed by atoms with Gasteiger partial charge in [-0.1, -0.05) is 0 Å². The molecular formula is C19H19NO5. The molecule has 0 aliphatic heterocycles. The third kappa shape index (κ3) is 6.53. The van der Waals surface area contributed by atoms with Gasteiger partial charge in [-0.05, 0) is 55.5 Å². The maximum Gasteiger partial charge on any atom is 0.349 e. The summed E-state index contributed by atoms with van der Waals surface area (Å²) in [5, 5.41) is 8.72. The zero-order valence-electron chi connectivity index (χ0n) is 13.9. The van der Waals surface area contributed by atoms with E-state index in [-0.39, 0.29) is 6.61 Å². The van der Waals surface area contributed by atoms with Crippen LogP contribution in [0, 0.1) is 11.3 Å². The van der Waals surface area contributed by atoms with E-state index in [9.17, 15) is 4.79 Å². The molecule has 0 heterocycles. The number of esters is 1. The van der Waals surface area contributed by atoms with Crippen LogP contribution in [-0.2, 0) is 9.53 Å². The molecule has 0 saturated carbocycles. The summed E-state index contributed by atoms with van der Waals surface area (Å²) in [5.74, 6) is 1.08. The molecule has 0 amide bonds. The van der Waals surface area contributed by atoms with Gasteiger partial charge in [0.25, 0.3) is 0 Å². The van der Waals surface area contributed by atoms with Gasteiger partial charge in [0.15, 0.2) is 6.61 Å². The summed E-state index contributed by atoms with van der Waals surface area (Å²) in [6, 6.07) is 15.2. The maximum absolute atomic E-state index is 11.8. The third-order valence-electron chi connectivity index (χ3n) is 3.10. The smallest absolute Gasteiger partial charge is 0.349 e. The summed E-state index contributed by atoms with van der Waals surface area (Å²) < 4.78 is 21.2. The quantitative estimate of drug-likeness (QED) is 0.396. The number of ether oxygens (including phenoxy) is 4. The van der Waals surface area contributed by atoms with Gasteiger partial charge >= 0.3 is 5.97 Å². The second-order valence-corrected chi connectivity index (χ2v) is 4.92. The third-order valence-corrected chi connectivity index (χ3v) is 3.10. The van der Waals surface area contributed by atoms with E-state index in [0.717, 1.165) is 0 Å². The molecule has 6 heteroatoms. The fourth-order valence-electron chi connectivity index (χ4n) is 1.90. The van der Waals surface area contributed by atoms with Crippen molar-refractivity contribution in [3.8, 4) is 23.3 Å². The first-order chi connectivity index (χ1) is 12.2. The lowest BCUT2D eigenvalue weighted by Crippen LogP contribution is -2.17. The predicted molar refractivity (Wildman–Crippen MR) is 90.7 cm³/mol. The second-order valence-electron chi connectivity index (χ2n) is 4.92. The van der Waals surface area contributed by atoms with Crippen LogP contribution in [0.5, 0.6) is 17.2 Å². The van der Waals surface area contributed by atoms with Gasteiger partial charge in [0.05, 0.1) is 18.2 Å². The molecule has 0 bridgehead atoms. The molecule has 0 aliphatic carbocycles. The minimum absolute atomic E-state index is 0.218. The van der Waals surface area contributed by atoms with Crippen molar-refractivity contribution in [3.05, 3.63) is 54.1 Å². The number of carbonyl (C=O) groups excluding carboxylic acids is 1. The molecule has 0 atom stereocenters. The Hall–Kier alpha value is -3.04. The SMILES string of the molecule is CCOCCOc1ccc(OCC(=O)Oc2ccc(C#N)cc2)cc1. The Morgan fingerprint density at radius 3 is 2.12 bits per heavy atom. The first-order valence-electron chi connectivity index (χ1n) is 7.85. The molecule has 0 spiro atoms. The molecule has 0 N–H and O–H groups in total. The van der Waals surface area contributed by atoms with Crippen LogP contribution in [-0.4, -0.2) is 32.4 Å². The van der Waals surface area contributed by atoms with Crippen LogP contribution in [0.2, 0.25) is 0 Å². The Bertz CT molecular complexity index is 704. The van der Waals surface area contributed by atoms with Crippen molar-refractivity contribution >= 4 is 5.97 Å². The van der Waals surface area contributed by atoms with E-state index in [1.165, 1.54) is 0 Å². The molecule has 6 nitrogen and oxygen atoms in total. The Labute approximate surface area is 146 Å². The van der Waals surface area contributed by atoms with Crippen LogP contribution in [0.3, 0.4) is 0 Å². The van der Waals surface area contributed by atoms with E-state index in [1.807, 2.05) is 13.0 Å². The monoisotopic (exact) mass is 341 g/mol. The molecule has 0 fully saturated rings. The van der Waals surface area contributed by atoms with Crippen molar-refractivity contribution < 1.29 is 23.7 Å². The minimum atomic E-state index is -0.526. The highest BCUT2D eigenvalue weighted by Gasteiger charge is 2.06. The van der Waals surface area contributed by atoms with E-state index < -0.39 is 5.97 Å². The van der Waals surface area contributed by atoms with Crippen molar-refractivity contribution in [3.63, 3.8) is 0 Å².